The van der Waals surface area contributed by atoms with Crippen LogP contribution in [0.5, 0.6) is 0 Å². The Bertz CT molecular complexity index is 422. The van der Waals surface area contributed by atoms with Gasteiger partial charge in [0.25, 0.3) is 0 Å². The summed E-state index contributed by atoms with van der Waals surface area (Å²) in [6.45, 7) is 2.70. The molecule has 2 atom stereocenters. The summed E-state index contributed by atoms with van der Waals surface area (Å²) < 4.78 is 0. The van der Waals surface area contributed by atoms with Crippen molar-refractivity contribution in [1.29, 1.82) is 0 Å². The molecule has 0 unspecified atom stereocenters. The van der Waals surface area contributed by atoms with Crippen molar-refractivity contribution in [3.63, 3.8) is 0 Å². The number of nitrogens with zero attached hydrogens (tertiary/aromatic N) is 4. The van der Waals surface area contributed by atoms with Gasteiger partial charge in [-0.05, 0) is 13.3 Å². The summed E-state index contributed by atoms with van der Waals surface area (Å²) in [5.41, 5.74) is -1.01. The third kappa shape index (κ3) is 2.54. The van der Waals surface area contributed by atoms with Crippen LogP contribution < -0.4 is 9.80 Å². The van der Waals surface area contributed by atoms with Gasteiger partial charge in [0, 0.05) is 27.2 Å². The quantitative estimate of drug-likeness (QED) is 0.763. The molecule has 18 heavy (non-hydrogen) atoms. The molecular weight excluding hydrogens is 232 g/mol. The molecule has 100 valence electrons. The van der Waals surface area contributed by atoms with Crippen LogP contribution in [0.3, 0.4) is 0 Å². The van der Waals surface area contributed by atoms with Crippen molar-refractivity contribution in [3.8, 4) is 0 Å². The Morgan fingerprint density at radius 1 is 1.44 bits per heavy atom. The maximum absolute atomic E-state index is 9.93. The van der Waals surface area contributed by atoms with E-state index in [1.165, 1.54) is 0 Å². The molecule has 0 saturated carbocycles. The molecule has 1 aromatic heterocycles. The second-order valence-corrected chi connectivity index (χ2v) is 5.20. The number of rotatable bonds is 2. The average molecular weight is 252 g/mol. The minimum absolute atomic E-state index is 0.374. The Balaban J connectivity index is 2.16. The zero-order chi connectivity index (χ0) is 13.3. The van der Waals surface area contributed by atoms with Crippen molar-refractivity contribution in [1.82, 2.24) is 9.97 Å². The molecule has 0 amide bonds. The summed E-state index contributed by atoms with van der Waals surface area (Å²) >= 11 is 0. The van der Waals surface area contributed by atoms with Crippen LogP contribution in [-0.4, -0.2) is 59.1 Å². The van der Waals surface area contributed by atoms with Gasteiger partial charge in [0.05, 0.1) is 24.1 Å². The SMILES string of the molecule is CN(C)c1cncc(N2CC[C@](C)(O)[C@@H](O)C2)n1. The second kappa shape index (κ2) is 4.70. The fourth-order valence-corrected chi connectivity index (χ4v) is 1.95. The number of aliphatic hydroxyl groups excluding tert-OH is 1. The first-order chi connectivity index (χ1) is 8.40. The number of β-amino-alcohol motifs (C(OH)–C–C–N with tert-alkyl or cyclic N) is 1. The van der Waals surface area contributed by atoms with Crippen LogP contribution in [0.1, 0.15) is 13.3 Å². The molecule has 6 nitrogen and oxygen atoms in total. The third-order valence-electron chi connectivity index (χ3n) is 3.39. The molecule has 1 saturated heterocycles. The van der Waals surface area contributed by atoms with E-state index in [0.717, 1.165) is 11.6 Å². The highest BCUT2D eigenvalue weighted by Crippen LogP contribution is 2.25. The fourth-order valence-electron chi connectivity index (χ4n) is 1.95. The highest BCUT2D eigenvalue weighted by molar-refractivity contribution is 5.45. The lowest BCUT2D eigenvalue weighted by Gasteiger charge is -2.40. The lowest BCUT2D eigenvalue weighted by atomic mass is 9.91. The molecule has 2 rings (SSSR count). The molecule has 6 heteroatoms. The van der Waals surface area contributed by atoms with Gasteiger partial charge in [-0.15, -0.1) is 0 Å². The number of hydrogen-bond acceptors (Lipinski definition) is 6. The summed E-state index contributed by atoms with van der Waals surface area (Å²) in [4.78, 5) is 12.5. The van der Waals surface area contributed by atoms with E-state index in [9.17, 15) is 10.2 Å². The van der Waals surface area contributed by atoms with E-state index >= 15 is 0 Å². The Labute approximate surface area is 107 Å². The van der Waals surface area contributed by atoms with Crippen LogP contribution in [0.15, 0.2) is 12.4 Å². The Kier molecular flexibility index (Phi) is 3.41. The molecule has 0 bridgehead atoms. The van der Waals surface area contributed by atoms with Crippen molar-refractivity contribution >= 4 is 11.6 Å². The Morgan fingerprint density at radius 3 is 2.78 bits per heavy atom. The summed E-state index contributed by atoms with van der Waals surface area (Å²) in [5, 5.41) is 19.8. The predicted octanol–water partition coefficient (Wildman–Crippen LogP) is -0.135. The number of aromatic nitrogens is 2. The standard InChI is InChI=1S/C12H20N4O2/c1-12(18)4-5-16(8-9(12)17)11-7-13-6-10(14-11)15(2)3/h6-7,9,17-18H,4-5,8H2,1-3H3/t9-,12-/m0/s1. The largest absolute Gasteiger partial charge is 0.388 e. The Morgan fingerprint density at radius 2 is 2.17 bits per heavy atom. The molecule has 0 aromatic carbocycles. The molecule has 1 aliphatic heterocycles. The van der Waals surface area contributed by atoms with Gasteiger partial charge in [0.15, 0.2) is 0 Å². The van der Waals surface area contributed by atoms with Crippen molar-refractivity contribution in [3.05, 3.63) is 12.4 Å². The van der Waals surface area contributed by atoms with Gasteiger partial charge >= 0.3 is 0 Å². The van der Waals surface area contributed by atoms with Gasteiger partial charge in [0.2, 0.25) is 0 Å². The topological polar surface area (TPSA) is 72.7 Å². The van der Waals surface area contributed by atoms with E-state index in [-0.39, 0.29) is 0 Å². The number of anilines is 2. The van der Waals surface area contributed by atoms with E-state index < -0.39 is 11.7 Å². The Hall–Kier alpha value is -1.40. The second-order valence-electron chi connectivity index (χ2n) is 5.20. The van der Waals surface area contributed by atoms with E-state index in [2.05, 4.69) is 9.97 Å². The highest BCUT2D eigenvalue weighted by atomic mass is 16.3. The fraction of sp³-hybridized carbons (Fsp3) is 0.667. The minimum atomic E-state index is -1.01. The van der Waals surface area contributed by atoms with Crippen molar-refractivity contribution in [2.24, 2.45) is 0 Å². The van der Waals surface area contributed by atoms with Crippen LogP contribution in [0.4, 0.5) is 11.6 Å². The van der Waals surface area contributed by atoms with Crippen LogP contribution in [-0.2, 0) is 0 Å². The average Bonchev–Trinajstić information content (AvgIpc) is 2.33. The first-order valence-electron chi connectivity index (χ1n) is 6.05. The third-order valence-corrected chi connectivity index (χ3v) is 3.39. The lowest BCUT2D eigenvalue weighted by Crippen LogP contribution is -2.54. The molecule has 0 radical (unpaired) electrons. The smallest absolute Gasteiger partial charge is 0.149 e. The summed E-state index contributed by atoms with van der Waals surface area (Å²) in [6, 6.07) is 0. The van der Waals surface area contributed by atoms with Crippen molar-refractivity contribution in [2.75, 3.05) is 37.0 Å². The molecule has 1 fully saturated rings. The van der Waals surface area contributed by atoms with Gasteiger partial charge in [0.1, 0.15) is 11.6 Å². The summed E-state index contributed by atoms with van der Waals surface area (Å²) in [6.07, 6.45) is 3.12. The molecule has 0 aliphatic carbocycles. The van der Waals surface area contributed by atoms with E-state index in [1.807, 2.05) is 23.9 Å². The normalized spacial score (nSPS) is 28.3. The highest BCUT2D eigenvalue weighted by Gasteiger charge is 2.36. The zero-order valence-electron chi connectivity index (χ0n) is 11.0. The lowest BCUT2D eigenvalue weighted by molar-refractivity contribution is -0.0722. The summed E-state index contributed by atoms with van der Waals surface area (Å²) in [5.74, 6) is 1.51. The molecule has 2 N–H and O–H groups in total. The number of piperidine rings is 1. The molecule has 0 spiro atoms. The monoisotopic (exact) mass is 252 g/mol. The van der Waals surface area contributed by atoms with Gasteiger partial charge in [-0.25, -0.2) is 4.98 Å². The van der Waals surface area contributed by atoms with Crippen molar-refractivity contribution < 1.29 is 10.2 Å². The maximum Gasteiger partial charge on any atom is 0.149 e. The van der Waals surface area contributed by atoms with Crippen LogP contribution in [0.2, 0.25) is 0 Å². The van der Waals surface area contributed by atoms with Crippen LogP contribution in [0, 0.1) is 0 Å². The van der Waals surface area contributed by atoms with Gasteiger partial charge in [-0.1, -0.05) is 0 Å². The molecule has 2 heterocycles. The summed E-state index contributed by atoms with van der Waals surface area (Å²) in [7, 11) is 3.81. The van der Waals surface area contributed by atoms with Gasteiger partial charge in [-0.2, -0.15) is 0 Å². The number of aliphatic hydroxyl groups is 2. The molecule has 1 aliphatic rings. The first kappa shape index (κ1) is 13.0. The van der Waals surface area contributed by atoms with E-state index in [0.29, 0.717) is 19.5 Å². The minimum Gasteiger partial charge on any atom is -0.388 e. The van der Waals surface area contributed by atoms with E-state index in [4.69, 9.17) is 0 Å². The molecule has 1 aromatic rings. The predicted molar refractivity (Wildman–Crippen MR) is 69.8 cm³/mol. The van der Waals surface area contributed by atoms with Crippen LogP contribution >= 0.6 is 0 Å². The van der Waals surface area contributed by atoms with Crippen molar-refractivity contribution in [2.45, 2.75) is 25.0 Å². The van der Waals surface area contributed by atoms with Gasteiger partial charge in [-0.3, -0.25) is 4.98 Å². The van der Waals surface area contributed by atoms with E-state index in [1.54, 1.807) is 19.3 Å². The van der Waals surface area contributed by atoms with Crippen LogP contribution in [0.25, 0.3) is 0 Å². The zero-order valence-corrected chi connectivity index (χ0v) is 11.0. The first-order valence-corrected chi connectivity index (χ1v) is 6.05. The van der Waals surface area contributed by atoms with Gasteiger partial charge < -0.3 is 20.0 Å². The maximum atomic E-state index is 9.93. The number of hydrogen-bond donors (Lipinski definition) is 2. The molecular formula is C12H20N4O2.